The predicted octanol–water partition coefficient (Wildman–Crippen LogP) is 1.54. The summed E-state index contributed by atoms with van der Waals surface area (Å²) < 4.78 is 0. The summed E-state index contributed by atoms with van der Waals surface area (Å²) in [5, 5.41) is 2.81. The van der Waals surface area contributed by atoms with Crippen molar-refractivity contribution >= 4 is 28.7 Å². The van der Waals surface area contributed by atoms with Crippen molar-refractivity contribution in [1.82, 2.24) is 15.3 Å². The van der Waals surface area contributed by atoms with Gasteiger partial charge < -0.3 is 10.3 Å². The van der Waals surface area contributed by atoms with Crippen LogP contribution in [-0.4, -0.2) is 27.9 Å². The molecule has 1 heterocycles. The van der Waals surface area contributed by atoms with Gasteiger partial charge in [-0.05, 0) is 18.4 Å². The number of para-hydroxylation sites is 2. The molecule has 4 nitrogen and oxygen atoms in total. The van der Waals surface area contributed by atoms with E-state index in [2.05, 4.69) is 15.3 Å². The van der Waals surface area contributed by atoms with Gasteiger partial charge in [-0.1, -0.05) is 12.1 Å². The summed E-state index contributed by atoms with van der Waals surface area (Å²) in [6.07, 6.45) is 1.90. The van der Waals surface area contributed by atoms with Gasteiger partial charge >= 0.3 is 0 Å². The Hall–Kier alpha value is -1.49. The molecule has 5 heteroatoms. The molecule has 0 aliphatic rings. The zero-order chi connectivity index (χ0) is 11.4. The van der Waals surface area contributed by atoms with Crippen LogP contribution in [0.5, 0.6) is 0 Å². The van der Waals surface area contributed by atoms with E-state index in [-0.39, 0.29) is 5.91 Å². The number of carbonyl (C=O) groups excluding carboxylic acids is 1. The Labute approximate surface area is 97.8 Å². The molecule has 0 fully saturated rings. The highest BCUT2D eigenvalue weighted by Crippen LogP contribution is 2.09. The van der Waals surface area contributed by atoms with Crippen molar-refractivity contribution < 1.29 is 4.79 Å². The molecule has 0 spiro atoms. The van der Waals surface area contributed by atoms with Crippen LogP contribution in [0.25, 0.3) is 11.0 Å². The molecule has 0 atom stereocenters. The third-order valence-corrected chi connectivity index (χ3v) is 2.72. The van der Waals surface area contributed by atoms with Crippen molar-refractivity contribution in [3.63, 3.8) is 0 Å². The van der Waals surface area contributed by atoms with E-state index in [1.165, 1.54) is 11.8 Å². The topological polar surface area (TPSA) is 57.8 Å². The molecule has 0 saturated heterocycles. The van der Waals surface area contributed by atoms with Crippen molar-refractivity contribution in [2.45, 2.75) is 6.54 Å². The van der Waals surface area contributed by atoms with Gasteiger partial charge in [-0.25, -0.2) is 4.98 Å². The molecule has 16 heavy (non-hydrogen) atoms. The molecule has 1 amide bonds. The molecule has 0 unspecified atom stereocenters. The van der Waals surface area contributed by atoms with Crippen LogP contribution in [0.2, 0.25) is 0 Å². The number of thioether (sulfide) groups is 1. The van der Waals surface area contributed by atoms with Gasteiger partial charge in [0, 0.05) is 0 Å². The largest absolute Gasteiger partial charge is 0.348 e. The summed E-state index contributed by atoms with van der Waals surface area (Å²) in [5.41, 5.74) is 1.92. The average molecular weight is 235 g/mol. The number of aromatic nitrogens is 2. The lowest BCUT2D eigenvalue weighted by Gasteiger charge is -2.00. The van der Waals surface area contributed by atoms with Gasteiger partial charge in [-0.15, -0.1) is 0 Å². The zero-order valence-electron chi connectivity index (χ0n) is 8.99. The Morgan fingerprint density at radius 1 is 1.50 bits per heavy atom. The monoisotopic (exact) mass is 235 g/mol. The number of imidazole rings is 1. The number of carbonyl (C=O) groups is 1. The first kappa shape index (κ1) is 11.0. The van der Waals surface area contributed by atoms with E-state index in [0.717, 1.165) is 16.9 Å². The van der Waals surface area contributed by atoms with E-state index >= 15 is 0 Å². The van der Waals surface area contributed by atoms with Crippen LogP contribution in [0, 0.1) is 0 Å². The number of aromatic amines is 1. The predicted molar refractivity (Wildman–Crippen MR) is 66.3 cm³/mol. The summed E-state index contributed by atoms with van der Waals surface area (Å²) in [7, 11) is 0. The Bertz CT molecular complexity index is 462. The third kappa shape index (κ3) is 2.55. The number of hydrogen-bond acceptors (Lipinski definition) is 3. The minimum Gasteiger partial charge on any atom is -0.348 e. The second kappa shape index (κ2) is 5.03. The van der Waals surface area contributed by atoms with E-state index in [4.69, 9.17) is 0 Å². The van der Waals surface area contributed by atoms with Gasteiger partial charge in [0.1, 0.15) is 5.82 Å². The molecular formula is C11H13N3OS. The minimum atomic E-state index is 0.0351. The summed E-state index contributed by atoms with van der Waals surface area (Å²) in [6.45, 7) is 0.452. The van der Waals surface area contributed by atoms with E-state index in [9.17, 15) is 4.79 Å². The van der Waals surface area contributed by atoms with Crippen LogP contribution in [0.4, 0.5) is 0 Å². The maximum atomic E-state index is 11.3. The zero-order valence-corrected chi connectivity index (χ0v) is 9.80. The molecule has 0 aliphatic heterocycles. The van der Waals surface area contributed by atoms with Crippen LogP contribution in [0.15, 0.2) is 24.3 Å². The van der Waals surface area contributed by atoms with Crippen LogP contribution >= 0.6 is 11.8 Å². The third-order valence-electron chi connectivity index (χ3n) is 2.17. The maximum Gasteiger partial charge on any atom is 0.230 e. The van der Waals surface area contributed by atoms with Crippen LogP contribution in [0.1, 0.15) is 5.82 Å². The first-order valence-electron chi connectivity index (χ1n) is 4.99. The Kier molecular flexibility index (Phi) is 3.46. The first-order valence-corrected chi connectivity index (χ1v) is 6.38. The number of nitrogens with zero attached hydrogens (tertiary/aromatic N) is 1. The van der Waals surface area contributed by atoms with Gasteiger partial charge in [-0.2, -0.15) is 11.8 Å². The van der Waals surface area contributed by atoms with Gasteiger partial charge in [0.2, 0.25) is 5.91 Å². The average Bonchev–Trinajstić information content (AvgIpc) is 2.69. The highest BCUT2D eigenvalue weighted by atomic mass is 32.2. The summed E-state index contributed by atoms with van der Waals surface area (Å²) in [5.74, 6) is 1.31. The fourth-order valence-corrected chi connectivity index (χ4v) is 1.82. The lowest BCUT2D eigenvalue weighted by Crippen LogP contribution is -2.24. The summed E-state index contributed by atoms with van der Waals surface area (Å²) in [4.78, 5) is 18.8. The lowest BCUT2D eigenvalue weighted by molar-refractivity contribution is -0.118. The van der Waals surface area contributed by atoms with Crippen molar-refractivity contribution in [2.75, 3.05) is 12.0 Å². The van der Waals surface area contributed by atoms with E-state index in [1.807, 2.05) is 30.5 Å². The van der Waals surface area contributed by atoms with Gasteiger partial charge in [0.05, 0.1) is 23.3 Å². The number of fused-ring (bicyclic) bond motifs is 1. The van der Waals surface area contributed by atoms with E-state index < -0.39 is 0 Å². The van der Waals surface area contributed by atoms with Crippen LogP contribution < -0.4 is 5.32 Å². The number of amides is 1. The highest BCUT2D eigenvalue weighted by molar-refractivity contribution is 7.99. The van der Waals surface area contributed by atoms with Crippen LogP contribution in [-0.2, 0) is 11.3 Å². The normalized spacial score (nSPS) is 10.6. The Morgan fingerprint density at radius 2 is 2.31 bits per heavy atom. The fraction of sp³-hybridized carbons (Fsp3) is 0.273. The van der Waals surface area contributed by atoms with Crippen molar-refractivity contribution in [1.29, 1.82) is 0 Å². The minimum absolute atomic E-state index is 0.0351. The van der Waals surface area contributed by atoms with Gasteiger partial charge in [0.15, 0.2) is 0 Å². The van der Waals surface area contributed by atoms with Gasteiger partial charge in [0.25, 0.3) is 0 Å². The fourth-order valence-electron chi connectivity index (χ4n) is 1.45. The molecule has 84 valence electrons. The molecule has 2 N–H and O–H groups in total. The molecule has 0 bridgehead atoms. The quantitative estimate of drug-likeness (QED) is 0.845. The molecular weight excluding hydrogens is 222 g/mol. The van der Waals surface area contributed by atoms with Crippen molar-refractivity contribution in [3.8, 4) is 0 Å². The smallest absolute Gasteiger partial charge is 0.230 e. The van der Waals surface area contributed by atoms with Crippen molar-refractivity contribution in [2.24, 2.45) is 0 Å². The summed E-state index contributed by atoms with van der Waals surface area (Å²) in [6, 6.07) is 7.81. The number of rotatable bonds is 4. The van der Waals surface area contributed by atoms with Gasteiger partial charge in [-0.3, -0.25) is 4.79 Å². The second-order valence-electron chi connectivity index (χ2n) is 3.41. The molecule has 0 radical (unpaired) electrons. The molecule has 1 aromatic carbocycles. The SMILES string of the molecule is CSCC(=O)NCc1nc2ccccc2[nH]1. The molecule has 0 aliphatic carbocycles. The highest BCUT2D eigenvalue weighted by Gasteiger charge is 2.03. The molecule has 2 aromatic rings. The molecule has 1 aromatic heterocycles. The van der Waals surface area contributed by atoms with E-state index in [0.29, 0.717) is 12.3 Å². The van der Waals surface area contributed by atoms with Crippen molar-refractivity contribution in [3.05, 3.63) is 30.1 Å². The Balaban J connectivity index is 2.02. The number of H-pyrrole nitrogens is 1. The summed E-state index contributed by atoms with van der Waals surface area (Å²) >= 11 is 1.51. The standard InChI is InChI=1S/C11H13N3OS/c1-16-7-11(15)12-6-10-13-8-4-2-3-5-9(8)14-10/h2-5H,6-7H2,1H3,(H,12,15)(H,13,14). The first-order chi connectivity index (χ1) is 7.79. The second-order valence-corrected chi connectivity index (χ2v) is 4.28. The lowest BCUT2D eigenvalue weighted by atomic mass is 10.3. The van der Waals surface area contributed by atoms with Crippen LogP contribution in [0.3, 0.4) is 0 Å². The number of nitrogens with one attached hydrogen (secondary N) is 2. The molecule has 2 rings (SSSR count). The number of hydrogen-bond donors (Lipinski definition) is 2. The molecule has 0 saturated carbocycles. The maximum absolute atomic E-state index is 11.3. The Morgan fingerprint density at radius 3 is 3.06 bits per heavy atom. The van der Waals surface area contributed by atoms with E-state index in [1.54, 1.807) is 0 Å². The number of benzene rings is 1.